The van der Waals surface area contributed by atoms with Gasteiger partial charge in [0.1, 0.15) is 0 Å². The molecule has 1 rings (SSSR count). The Balaban J connectivity index is 2.31. The first kappa shape index (κ1) is 9.01. The van der Waals surface area contributed by atoms with Gasteiger partial charge in [-0.3, -0.25) is 4.90 Å². The summed E-state index contributed by atoms with van der Waals surface area (Å²) in [7, 11) is 0. The largest absolute Gasteiger partial charge is 0.395 e. The van der Waals surface area contributed by atoms with E-state index < -0.39 is 0 Å². The van der Waals surface area contributed by atoms with Gasteiger partial charge in [-0.15, -0.1) is 0 Å². The molecular formula is C9H19NO. The molecule has 0 amide bonds. The predicted molar refractivity (Wildman–Crippen MR) is 46.5 cm³/mol. The van der Waals surface area contributed by atoms with E-state index in [4.69, 9.17) is 5.11 Å². The Morgan fingerprint density at radius 2 is 2.27 bits per heavy atom. The van der Waals surface area contributed by atoms with Crippen LogP contribution in [-0.4, -0.2) is 35.7 Å². The summed E-state index contributed by atoms with van der Waals surface area (Å²) in [5, 5.41) is 9.01. The van der Waals surface area contributed by atoms with Gasteiger partial charge >= 0.3 is 0 Å². The Bertz CT molecular complexity index is 114. The zero-order valence-corrected chi connectivity index (χ0v) is 7.58. The molecule has 11 heavy (non-hydrogen) atoms. The van der Waals surface area contributed by atoms with Gasteiger partial charge in [-0.25, -0.2) is 0 Å². The van der Waals surface area contributed by atoms with E-state index in [1.165, 1.54) is 19.4 Å². The zero-order chi connectivity index (χ0) is 8.27. The van der Waals surface area contributed by atoms with Gasteiger partial charge in [0, 0.05) is 12.6 Å². The first-order chi connectivity index (χ1) is 5.24. The lowest BCUT2D eigenvalue weighted by molar-refractivity contribution is 0.147. The predicted octanol–water partition coefficient (Wildman–Crippen LogP) is 1.10. The van der Waals surface area contributed by atoms with Gasteiger partial charge in [0.05, 0.1) is 6.61 Å². The Morgan fingerprint density at radius 1 is 1.55 bits per heavy atom. The minimum absolute atomic E-state index is 0.340. The molecule has 0 unspecified atom stereocenters. The summed E-state index contributed by atoms with van der Waals surface area (Å²) in [4.78, 5) is 2.41. The van der Waals surface area contributed by atoms with Crippen LogP contribution < -0.4 is 0 Å². The van der Waals surface area contributed by atoms with Crippen LogP contribution in [0.1, 0.15) is 26.7 Å². The van der Waals surface area contributed by atoms with Crippen molar-refractivity contribution in [2.24, 2.45) is 5.92 Å². The third-order valence-corrected chi connectivity index (χ3v) is 2.31. The second kappa shape index (κ2) is 4.07. The van der Waals surface area contributed by atoms with Gasteiger partial charge in [0.2, 0.25) is 0 Å². The highest BCUT2D eigenvalue weighted by molar-refractivity contribution is 4.78. The van der Waals surface area contributed by atoms with Crippen molar-refractivity contribution in [1.82, 2.24) is 4.90 Å². The summed E-state index contributed by atoms with van der Waals surface area (Å²) in [5.74, 6) is 0.724. The SMILES string of the molecule is CC(C)CN1CCC[C@H]1CO. The van der Waals surface area contributed by atoms with Crippen LogP contribution in [0, 0.1) is 5.92 Å². The number of hydrogen-bond donors (Lipinski definition) is 1. The highest BCUT2D eigenvalue weighted by atomic mass is 16.3. The first-order valence-electron chi connectivity index (χ1n) is 4.59. The fraction of sp³-hybridized carbons (Fsp3) is 1.00. The van der Waals surface area contributed by atoms with E-state index in [1.807, 2.05) is 0 Å². The zero-order valence-electron chi connectivity index (χ0n) is 7.58. The lowest BCUT2D eigenvalue weighted by Gasteiger charge is -2.24. The molecule has 1 heterocycles. The number of hydrogen-bond acceptors (Lipinski definition) is 2. The number of likely N-dealkylation sites (tertiary alicyclic amines) is 1. The third kappa shape index (κ3) is 2.46. The molecule has 2 nitrogen and oxygen atoms in total. The highest BCUT2D eigenvalue weighted by Gasteiger charge is 2.23. The monoisotopic (exact) mass is 157 g/mol. The Hall–Kier alpha value is -0.0800. The summed E-state index contributed by atoms with van der Waals surface area (Å²) in [6.07, 6.45) is 2.45. The minimum atomic E-state index is 0.340. The standard InChI is InChI=1S/C9H19NO/c1-8(2)6-10-5-3-4-9(10)7-11/h8-9,11H,3-7H2,1-2H3/t9-/m0/s1. The molecule has 1 saturated heterocycles. The lowest BCUT2D eigenvalue weighted by atomic mass is 10.2. The van der Waals surface area contributed by atoms with Crippen molar-refractivity contribution in [2.75, 3.05) is 19.7 Å². The van der Waals surface area contributed by atoms with Gasteiger partial charge in [-0.05, 0) is 25.3 Å². The average molecular weight is 157 g/mol. The summed E-state index contributed by atoms with van der Waals surface area (Å²) in [6, 6.07) is 0.456. The number of nitrogens with zero attached hydrogens (tertiary/aromatic N) is 1. The van der Waals surface area contributed by atoms with E-state index in [9.17, 15) is 0 Å². The van der Waals surface area contributed by atoms with Crippen LogP contribution in [0.4, 0.5) is 0 Å². The molecule has 0 saturated carbocycles. The van der Waals surface area contributed by atoms with Crippen molar-refractivity contribution >= 4 is 0 Å². The van der Waals surface area contributed by atoms with Crippen molar-refractivity contribution in [3.8, 4) is 0 Å². The van der Waals surface area contributed by atoms with E-state index >= 15 is 0 Å². The van der Waals surface area contributed by atoms with Crippen LogP contribution in [0.2, 0.25) is 0 Å². The van der Waals surface area contributed by atoms with Crippen molar-refractivity contribution in [1.29, 1.82) is 0 Å². The first-order valence-corrected chi connectivity index (χ1v) is 4.59. The maximum Gasteiger partial charge on any atom is 0.0586 e. The maximum absolute atomic E-state index is 9.01. The molecule has 66 valence electrons. The second-order valence-electron chi connectivity index (χ2n) is 3.87. The van der Waals surface area contributed by atoms with Crippen molar-refractivity contribution in [2.45, 2.75) is 32.7 Å². The van der Waals surface area contributed by atoms with Crippen LogP contribution >= 0.6 is 0 Å². The summed E-state index contributed by atoms with van der Waals surface area (Å²) < 4.78 is 0. The van der Waals surface area contributed by atoms with Crippen LogP contribution in [0.15, 0.2) is 0 Å². The quantitative estimate of drug-likeness (QED) is 0.663. The molecule has 1 aliphatic heterocycles. The molecule has 0 aromatic heterocycles. The summed E-state index contributed by atoms with van der Waals surface area (Å²) >= 11 is 0. The smallest absolute Gasteiger partial charge is 0.0586 e. The molecule has 0 aliphatic carbocycles. The molecule has 2 heteroatoms. The molecule has 0 aromatic carbocycles. The Morgan fingerprint density at radius 3 is 2.82 bits per heavy atom. The second-order valence-corrected chi connectivity index (χ2v) is 3.87. The van der Waals surface area contributed by atoms with Crippen LogP contribution in [0.3, 0.4) is 0 Å². The van der Waals surface area contributed by atoms with Crippen molar-refractivity contribution in [3.63, 3.8) is 0 Å². The van der Waals surface area contributed by atoms with E-state index in [1.54, 1.807) is 0 Å². The molecule has 0 radical (unpaired) electrons. The van der Waals surface area contributed by atoms with Crippen LogP contribution in [-0.2, 0) is 0 Å². The van der Waals surface area contributed by atoms with E-state index in [2.05, 4.69) is 18.7 Å². The molecule has 1 N–H and O–H groups in total. The van der Waals surface area contributed by atoms with Gasteiger partial charge < -0.3 is 5.11 Å². The molecule has 0 spiro atoms. The van der Waals surface area contributed by atoms with Crippen LogP contribution in [0.5, 0.6) is 0 Å². The van der Waals surface area contributed by atoms with Crippen LogP contribution in [0.25, 0.3) is 0 Å². The molecule has 1 aliphatic rings. The fourth-order valence-corrected chi connectivity index (χ4v) is 1.81. The number of aliphatic hydroxyl groups excluding tert-OH is 1. The molecule has 1 fully saturated rings. The Labute approximate surface area is 69.2 Å². The fourth-order valence-electron chi connectivity index (χ4n) is 1.81. The molecule has 1 atom stereocenters. The highest BCUT2D eigenvalue weighted by Crippen LogP contribution is 2.17. The third-order valence-electron chi connectivity index (χ3n) is 2.31. The van der Waals surface area contributed by atoms with Crippen molar-refractivity contribution < 1.29 is 5.11 Å². The Kier molecular flexibility index (Phi) is 3.34. The average Bonchev–Trinajstić information content (AvgIpc) is 2.34. The van der Waals surface area contributed by atoms with E-state index in [-0.39, 0.29) is 0 Å². The number of rotatable bonds is 3. The van der Waals surface area contributed by atoms with E-state index in [0.29, 0.717) is 12.6 Å². The topological polar surface area (TPSA) is 23.5 Å². The maximum atomic E-state index is 9.01. The van der Waals surface area contributed by atoms with Gasteiger partial charge in [-0.1, -0.05) is 13.8 Å². The summed E-state index contributed by atoms with van der Waals surface area (Å²) in [6.45, 7) is 7.13. The van der Waals surface area contributed by atoms with E-state index in [0.717, 1.165) is 12.5 Å². The minimum Gasteiger partial charge on any atom is -0.395 e. The van der Waals surface area contributed by atoms with Crippen molar-refractivity contribution in [3.05, 3.63) is 0 Å². The molecule has 0 bridgehead atoms. The molecule has 0 aromatic rings. The number of aliphatic hydroxyl groups is 1. The van der Waals surface area contributed by atoms with Gasteiger partial charge in [-0.2, -0.15) is 0 Å². The molecular weight excluding hydrogens is 138 g/mol. The lowest BCUT2D eigenvalue weighted by Crippen LogP contribution is -2.34. The summed E-state index contributed by atoms with van der Waals surface area (Å²) in [5.41, 5.74) is 0. The van der Waals surface area contributed by atoms with Gasteiger partial charge in [0.25, 0.3) is 0 Å². The van der Waals surface area contributed by atoms with Gasteiger partial charge in [0.15, 0.2) is 0 Å². The normalized spacial score (nSPS) is 26.7.